The molecule has 1 fully saturated rings. The van der Waals surface area contributed by atoms with Crippen LogP contribution in [0.4, 0.5) is 10.5 Å². The topological polar surface area (TPSA) is 103 Å². The lowest BCUT2D eigenvalue weighted by molar-refractivity contribution is 0.0139. The Kier molecular flexibility index (Phi) is 9.01. The third kappa shape index (κ3) is 6.92. The Bertz CT molecular complexity index is 1620. The normalized spacial score (nSPS) is 13.9. The number of ether oxygens (including phenoxy) is 4. The first kappa shape index (κ1) is 30.7. The maximum absolute atomic E-state index is 13.3. The van der Waals surface area contributed by atoms with Gasteiger partial charge in [0.25, 0.3) is 5.91 Å². The van der Waals surface area contributed by atoms with Crippen LogP contribution in [0.1, 0.15) is 36.7 Å². The molecule has 10 heteroatoms. The molecule has 44 heavy (non-hydrogen) atoms. The lowest BCUT2D eigenvalue weighted by Gasteiger charge is -2.35. The molecule has 0 aliphatic carbocycles. The van der Waals surface area contributed by atoms with Gasteiger partial charge in [-0.3, -0.25) is 9.69 Å². The lowest BCUT2D eigenvalue weighted by atomic mass is 10.1. The predicted molar refractivity (Wildman–Crippen MR) is 169 cm³/mol. The first-order valence-corrected chi connectivity index (χ1v) is 14.5. The van der Waals surface area contributed by atoms with Gasteiger partial charge in [-0.2, -0.15) is 0 Å². The van der Waals surface area contributed by atoms with Crippen LogP contribution in [-0.4, -0.2) is 74.9 Å². The highest BCUT2D eigenvalue weighted by Crippen LogP contribution is 2.39. The number of nitrogens with one attached hydrogen (secondary N) is 1. The first-order chi connectivity index (χ1) is 21.1. The molecule has 3 aromatic carbocycles. The monoisotopic (exact) mass is 601 g/mol. The van der Waals surface area contributed by atoms with Gasteiger partial charge in [0.2, 0.25) is 5.75 Å². The number of carbonyl (C=O) groups is 2. The van der Waals surface area contributed by atoms with Crippen LogP contribution in [-0.2, 0) is 11.3 Å². The molecule has 0 saturated carbocycles. The highest BCUT2D eigenvalue weighted by molar-refractivity contribution is 6.07. The van der Waals surface area contributed by atoms with Crippen molar-refractivity contribution in [3.8, 4) is 28.6 Å². The zero-order valence-electron chi connectivity index (χ0n) is 26.1. The molecule has 0 bridgehead atoms. The van der Waals surface area contributed by atoms with Crippen molar-refractivity contribution in [1.29, 1.82) is 0 Å². The maximum atomic E-state index is 13.3. The molecule has 1 N–H and O–H groups in total. The van der Waals surface area contributed by atoms with E-state index >= 15 is 0 Å². The van der Waals surface area contributed by atoms with Crippen LogP contribution in [0.5, 0.6) is 17.2 Å². The first-order valence-electron chi connectivity index (χ1n) is 14.5. The van der Waals surface area contributed by atoms with Gasteiger partial charge >= 0.3 is 6.09 Å². The van der Waals surface area contributed by atoms with Crippen LogP contribution in [0.2, 0.25) is 0 Å². The average Bonchev–Trinajstić information content (AvgIpc) is 3.43. The highest BCUT2D eigenvalue weighted by atomic mass is 16.6. The van der Waals surface area contributed by atoms with E-state index in [0.29, 0.717) is 47.3 Å². The molecule has 1 aliphatic heterocycles. The Morgan fingerprint density at radius 3 is 2.18 bits per heavy atom. The van der Waals surface area contributed by atoms with Crippen molar-refractivity contribution in [3.63, 3.8) is 0 Å². The summed E-state index contributed by atoms with van der Waals surface area (Å²) in [7, 11) is 4.53. The summed E-state index contributed by atoms with van der Waals surface area (Å²) >= 11 is 0. The zero-order chi connectivity index (χ0) is 31.4. The van der Waals surface area contributed by atoms with E-state index in [1.165, 1.54) is 21.3 Å². The van der Waals surface area contributed by atoms with Crippen molar-refractivity contribution in [2.24, 2.45) is 0 Å². The van der Waals surface area contributed by atoms with Gasteiger partial charge in [0.05, 0.1) is 27.0 Å². The standard InChI is InChI=1S/C34H39N3O7/c1-34(2,3)44-33(39)37-15-13-36(14-16-37)21-22-11-12-23-18-28(43-27(23)17-22)25-9-7-8-10-26(25)35-32(38)24-19-29(40-4)31(42-6)30(20-24)41-5/h7-12,17-20H,13-16,21H2,1-6H3,(H,35,38). The molecule has 0 unspecified atom stereocenters. The fourth-order valence-corrected chi connectivity index (χ4v) is 5.19. The van der Waals surface area contributed by atoms with Gasteiger partial charge in [0.15, 0.2) is 11.5 Å². The quantitative estimate of drug-likeness (QED) is 0.247. The lowest BCUT2D eigenvalue weighted by Crippen LogP contribution is -2.49. The smallest absolute Gasteiger partial charge is 0.410 e. The van der Waals surface area contributed by atoms with E-state index in [1.54, 1.807) is 17.0 Å². The Hall–Kier alpha value is -4.70. The van der Waals surface area contributed by atoms with E-state index in [9.17, 15) is 9.59 Å². The van der Waals surface area contributed by atoms with Crippen molar-refractivity contribution in [2.75, 3.05) is 52.8 Å². The van der Waals surface area contributed by atoms with Gasteiger partial charge in [0.1, 0.15) is 16.9 Å². The van der Waals surface area contributed by atoms with Gasteiger partial charge in [-0.15, -0.1) is 0 Å². The Balaban J connectivity index is 1.30. The number of para-hydroxylation sites is 1. The molecule has 2 amide bonds. The summed E-state index contributed by atoms with van der Waals surface area (Å²) in [4.78, 5) is 29.8. The molecule has 1 saturated heterocycles. The highest BCUT2D eigenvalue weighted by Gasteiger charge is 2.26. The zero-order valence-corrected chi connectivity index (χ0v) is 26.1. The summed E-state index contributed by atoms with van der Waals surface area (Å²) < 4.78 is 28.0. The fraction of sp³-hybridized carbons (Fsp3) is 0.353. The van der Waals surface area contributed by atoms with Gasteiger partial charge in [-0.25, -0.2) is 4.79 Å². The second-order valence-corrected chi connectivity index (χ2v) is 11.6. The second kappa shape index (κ2) is 12.9. The average molecular weight is 602 g/mol. The number of amides is 2. The number of hydrogen-bond donors (Lipinski definition) is 1. The predicted octanol–water partition coefficient (Wildman–Crippen LogP) is 6.43. The fourth-order valence-electron chi connectivity index (χ4n) is 5.19. The molecule has 0 atom stereocenters. The summed E-state index contributed by atoms with van der Waals surface area (Å²) in [5.41, 5.74) is 3.09. The van der Waals surface area contributed by atoms with Crippen LogP contribution < -0.4 is 19.5 Å². The number of piperazine rings is 1. The van der Waals surface area contributed by atoms with Gasteiger partial charge in [-0.05, 0) is 62.7 Å². The van der Waals surface area contributed by atoms with E-state index in [0.717, 1.165) is 41.7 Å². The number of furan rings is 1. The molecular formula is C34H39N3O7. The number of fused-ring (bicyclic) bond motifs is 1. The second-order valence-electron chi connectivity index (χ2n) is 11.6. The number of rotatable bonds is 8. The van der Waals surface area contributed by atoms with E-state index in [4.69, 9.17) is 23.4 Å². The van der Waals surface area contributed by atoms with E-state index < -0.39 is 5.60 Å². The van der Waals surface area contributed by atoms with Crippen molar-refractivity contribution >= 4 is 28.7 Å². The Morgan fingerprint density at radius 1 is 0.864 bits per heavy atom. The minimum absolute atomic E-state index is 0.262. The van der Waals surface area contributed by atoms with Gasteiger partial charge < -0.3 is 33.6 Å². The van der Waals surface area contributed by atoms with Gasteiger partial charge in [-0.1, -0.05) is 24.3 Å². The van der Waals surface area contributed by atoms with Crippen LogP contribution in [0.15, 0.2) is 65.1 Å². The van der Waals surface area contributed by atoms with Crippen molar-refractivity contribution in [3.05, 3.63) is 71.8 Å². The summed E-state index contributed by atoms with van der Waals surface area (Å²) in [5.74, 6) is 1.51. The minimum atomic E-state index is -0.504. The molecule has 5 rings (SSSR count). The number of benzene rings is 3. The summed E-state index contributed by atoms with van der Waals surface area (Å²) in [6, 6.07) is 18.9. The molecular weight excluding hydrogens is 562 g/mol. The molecule has 10 nitrogen and oxygen atoms in total. The van der Waals surface area contributed by atoms with Crippen LogP contribution in [0.3, 0.4) is 0 Å². The van der Waals surface area contributed by atoms with Crippen molar-refractivity contribution in [1.82, 2.24) is 9.80 Å². The molecule has 2 heterocycles. The Labute approximate surface area is 257 Å². The summed E-state index contributed by atoms with van der Waals surface area (Å²) in [6.07, 6.45) is -0.262. The molecule has 0 spiro atoms. The number of methoxy groups -OCH3 is 3. The Morgan fingerprint density at radius 2 is 1.55 bits per heavy atom. The van der Waals surface area contributed by atoms with Crippen molar-refractivity contribution in [2.45, 2.75) is 32.9 Å². The van der Waals surface area contributed by atoms with Crippen LogP contribution >= 0.6 is 0 Å². The van der Waals surface area contributed by atoms with Crippen molar-refractivity contribution < 1.29 is 33.0 Å². The van der Waals surface area contributed by atoms with E-state index in [1.807, 2.05) is 57.2 Å². The third-order valence-electron chi connectivity index (χ3n) is 7.38. The minimum Gasteiger partial charge on any atom is -0.493 e. The molecule has 0 radical (unpaired) electrons. The molecule has 4 aromatic rings. The van der Waals surface area contributed by atoms with E-state index in [-0.39, 0.29) is 12.0 Å². The summed E-state index contributed by atoms with van der Waals surface area (Å²) in [5, 5.41) is 3.97. The molecule has 1 aromatic heterocycles. The van der Waals surface area contributed by atoms with Gasteiger partial charge in [0, 0.05) is 49.2 Å². The third-order valence-corrected chi connectivity index (χ3v) is 7.38. The summed E-state index contributed by atoms with van der Waals surface area (Å²) in [6.45, 7) is 9.16. The molecule has 232 valence electrons. The maximum Gasteiger partial charge on any atom is 0.410 e. The number of hydrogen-bond acceptors (Lipinski definition) is 8. The van der Waals surface area contributed by atoms with Crippen LogP contribution in [0, 0.1) is 0 Å². The largest absolute Gasteiger partial charge is 0.493 e. The SMILES string of the molecule is COc1cc(C(=O)Nc2ccccc2-c2cc3ccc(CN4CCN(C(=O)OC(C)(C)C)CC4)cc3o2)cc(OC)c1OC. The van der Waals surface area contributed by atoms with E-state index in [2.05, 4.69) is 22.3 Å². The van der Waals surface area contributed by atoms with Crippen LogP contribution in [0.25, 0.3) is 22.3 Å². The number of carbonyl (C=O) groups excluding carboxylic acids is 2. The number of nitrogens with zero attached hydrogens (tertiary/aromatic N) is 2. The molecule has 1 aliphatic rings. The number of anilines is 1.